The molecule has 0 saturated heterocycles. The maximum Gasteiger partial charge on any atom is 0.416 e. The molecule has 0 spiro atoms. The van der Waals surface area contributed by atoms with Crippen molar-refractivity contribution >= 4 is 27.3 Å². The minimum atomic E-state index is -4.68. The number of benzene rings is 2. The number of sulfonamides is 1. The van der Waals surface area contributed by atoms with Gasteiger partial charge in [-0.25, -0.2) is 8.42 Å². The van der Waals surface area contributed by atoms with Crippen LogP contribution in [0, 0.1) is 0 Å². The van der Waals surface area contributed by atoms with Crippen LogP contribution in [-0.2, 0) is 16.2 Å². The molecule has 0 fully saturated rings. The van der Waals surface area contributed by atoms with Crippen LogP contribution in [0.4, 0.5) is 18.9 Å². The summed E-state index contributed by atoms with van der Waals surface area (Å²) in [5.41, 5.74) is -0.789. The van der Waals surface area contributed by atoms with Crippen molar-refractivity contribution in [2.24, 2.45) is 0 Å². The summed E-state index contributed by atoms with van der Waals surface area (Å²) >= 11 is 5.86. The Kier molecular flexibility index (Phi) is 5.25. The molecule has 0 aliphatic carbocycles. The van der Waals surface area contributed by atoms with Crippen molar-refractivity contribution in [3.05, 3.63) is 71.8 Å². The van der Waals surface area contributed by atoms with Crippen molar-refractivity contribution in [3.8, 4) is 0 Å². The van der Waals surface area contributed by atoms with Gasteiger partial charge in [-0.1, -0.05) is 35.9 Å². The van der Waals surface area contributed by atoms with Crippen molar-refractivity contribution in [2.45, 2.75) is 11.1 Å². The van der Waals surface area contributed by atoms with Gasteiger partial charge >= 0.3 is 6.18 Å². The van der Waals surface area contributed by atoms with Crippen molar-refractivity contribution in [1.29, 1.82) is 0 Å². The summed E-state index contributed by atoms with van der Waals surface area (Å²) in [6.45, 7) is 3.38. The fraction of sp³-hybridized carbons (Fsp3) is 0.125. The predicted molar refractivity (Wildman–Crippen MR) is 87.6 cm³/mol. The van der Waals surface area contributed by atoms with Crippen LogP contribution in [0.25, 0.3) is 0 Å². The van der Waals surface area contributed by atoms with E-state index in [1.54, 1.807) is 18.2 Å². The van der Waals surface area contributed by atoms with Gasteiger partial charge in [0.25, 0.3) is 10.0 Å². The number of hydrogen-bond acceptors (Lipinski definition) is 2. The molecule has 0 atom stereocenters. The first kappa shape index (κ1) is 18.4. The van der Waals surface area contributed by atoms with Crippen LogP contribution < -0.4 is 4.31 Å². The Morgan fingerprint density at radius 1 is 1.12 bits per heavy atom. The Morgan fingerprint density at radius 3 is 2.29 bits per heavy atom. The minimum Gasteiger partial charge on any atom is -0.262 e. The number of nitrogens with zero attached hydrogens (tertiary/aromatic N) is 1. The molecule has 0 saturated carbocycles. The third-order valence-electron chi connectivity index (χ3n) is 3.17. The Balaban J connectivity index is 2.61. The third-order valence-corrected chi connectivity index (χ3v) is 5.44. The second-order valence-electron chi connectivity index (χ2n) is 4.80. The van der Waals surface area contributed by atoms with E-state index < -0.39 is 26.7 Å². The molecule has 0 N–H and O–H groups in total. The summed E-state index contributed by atoms with van der Waals surface area (Å²) < 4.78 is 65.3. The molecule has 2 rings (SSSR count). The van der Waals surface area contributed by atoms with E-state index in [1.807, 2.05) is 0 Å². The van der Waals surface area contributed by atoms with E-state index in [2.05, 4.69) is 6.58 Å². The van der Waals surface area contributed by atoms with E-state index in [0.29, 0.717) is 11.8 Å². The first-order valence-electron chi connectivity index (χ1n) is 6.73. The predicted octanol–water partition coefficient (Wildman–Crippen LogP) is 4.74. The lowest BCUT2D eigenvalue weighted by Crippen LogP contribution is -2.31. The van der Waals surface area contributed by atoms with Gasteiger partial charge in [-0.15, -0.1) is 6.58 Å². The van der Waals surface area contributed by atoms with Crippen molar-refractivity contribution < 1.29 is 21.6 Å². The van der Waals surface area contributed by atoms with Crippen LogP contribution in [-0.4, -0.2) is 15.0 Å². The van der Waals surface area contributed by atoms with Gasteiger partial charge in [0.2, 0.25) is 0 Å². The Bertz CT molecular complexity index is 836. The standard InChI is InChI=1S/C16H13ClF3NO2S/c1-2-10-21(13-6-4-3-5-7-13)24(22,23)15-11-12(16(18,19)20)8-9-14(15)17/h2-9,11H,1,10H2. The summed E-state index contributed by atoms with van der Waals surface area (Å²) in [5.74, 6) is 0. The normalized spacial score (nSPS) is 12.0. The summed E-state index contributed by atoms with van der Waals surface area (Å²) in [4.78, 5) is -0.607. The summed E-state index contributed by atoms with van der Waals surface area (Å²) in [6.07, 6.45) is -3.34. The lowest BCUT2D eigenvalue weighted by atomic mass is 10.2. The van der Waals surface area contributed by atoms with Crippen LogP contribution in [0.1, 0.15) is 5.56 Å². The number of hydrogen-bond donors (Lipinski definition) is 0. The molecule has 3 nitrogen and oxygen atoms in total. The zero-order valence-corrected chi connectivity index (χ0v) is 13.9. The average Bonchev–Trinajstić information content (AvgIpc) is 2.52. The zero-order chi connectivity index (χ0) is 18.0. The highest BCUT2D eigenvalue weighted by atomic mass is 35.5. The monoisotopic (exact) mass is 375 g/mol. The van der Waals surface area contributed by atoms with Crippen LogP contribution in [0.15, 0.2) is 66.1 Å². The average molecular weight is 376 g/mol. The summed E-state index contributed by atoms with van der Waals surface area (Å²) in [6, 6.07) is 10.2. The smallest absolute Gasteiger partial charge is 0.262 e. The second-order valence-corrected chi connectivity index (χ2v) is 7.04. The molecular formula is C16H13ClF3NO2S. The largest absolute Gasteiger partial charge is 0.416 e. The fourth-order valence-corrected chi connectivity index (χ4v) is 3.99. The van der Waals surface area contributed by atoms with Crippen LogP contribution in [0.5, 0.6) is 0 Å². The van der Waals surface area contributed by atoms with E-state index in [1.165, 1.54) is 18.2 Å². The van der Waals surface area contributed by atoms with E-state index in [9.17, 15) is 21.6 Å². The van der Waals surface area contributed by atoms with Crippen molar-refractivity contribution in [3.63, 3.8) is 0 Å². The lowest BCUT2D eigenvalue weighted by Gasteiger charge is -2.24. The maximum atomic E-state index is 12.9. The molecule has 8 heteroatoms. The lowest BCUT2D eigenvalue weighted by molar-refractivity contribution is -0.137. The number of rotatable bonds is 5. The van der Waals surface area contributed by atoms with Gasteiger partial charge in [0, 0.05) is 0 Å². The first-order valence-corrected chi connectivity index (χ1v) is 8.55. The van der Waals surface area contributed by atoms with Gasteiger partial charge in [0.1, 0.15) is 4.90 Å². The molecule has 0 aliphatic rings. The van der Waals surface area contributed by atoms with E-state index in [4.69, 9.17) is 11.6 Å². The van der Waals surface area contributed by atoms with Crippen LogP contribution in [0.3, 0.4) is 0 Å². The SMILES string of the molecule is C=CCN(c1ccccc1)S(=O)(=O)c1cc(C(F)(F)F)ccc1Cl. The zero-order valence-electron chi connectivity index (χ0n) is 12.3. The summed E-state index contributed by atoms with van der Waals surface area (Å²) in [7, 11) is -4.30. The molecule has 0 aliphatic heterocycles. The molecule has 0 heterocycles. The first-order chi connectivity index (χ1) is 11.2. The van der Waals surface area contributed by atoms with Gasteiger partial charge in [-0.2, -0.15) is 13.2 Å². The van der Waals surface area contributed by atoms with Gasteiger partial charge in [-0.05, 0) is 30.3 Å². The quantitative estimate of drug-likeness (QED) is 0.708. The molecule has 0 amide bonds. The fourth-order valence-electron chi connectivity index (χ4n) is 2.05. The van der Waals surface area contributed by atoms with Crippen molar-refractivity contribution in [1.82, 2.24) is 0 Å². The minimum absolute atomic E-state index is 0.112. The highest BCUT2D eigenvalue weighted by Crippen LogP contribution is 2.35. The Hall–Kier alpha value is -1.99. The number of halogens is 4. The number of para-hydroxylation sites is 1. The maximum absolute atomic E-state index is 12.9. The van der Waals surface area contributed by atoms with Gasteiger partial charge in [0.05, 0.1) is 22.8 Å². The van der Waals surface area contributed by atoms with E-state index in [-0.39, 0.29) is 11.6 Å². The number of alkyl halides is 3. The highest BCUT2D eigenvalue weighted by Gasteiger charge is 2.34. The van der Waals surface area contributed by atoms with Gasteiger partial charge in [0.15, 0.2) is 0 Å². The second kappa shape index (κ2) is 6.86. The third kappa shape index (κ3) is 3.73. The van der Waals surface area contributed by atoms with Crippen LogP contribution >= 0.6 is 11.6 Å². The Labute approximate surface area is 143 Å². The molecule has 24 heavy (non-hydrogen) atoms. The van der Waals surface area contributed by atoms with E-state index >= 15 is 0 Å². The molecule has 0 radical (unpaired) electrons. The molecule has 128 valence electrons. The number of anilines is 1. The van der Waals surface area contributed by atoms with Gasteiger partial charge < -0.3 is 0 Å². The summed E-state index contributed by atoms with van der Waals surface area (Å²) in [5, 5.41) is -0.284. The molecule has 0 bridgehead atoms. The molecule has 2 aromatic rings. The topological polar surface area (TPSA) is 37.4 Å². The molecule has 2 aromatic carbocycles. The van der Waals surface area contributed by atoms with E-state index in [0.717, 1.165) is 16.4 Å². The Morgan fingerprint density at radius 2 is 1.75 bits per heavy atom. The highest BCUT2D eigenvalue weighted by molar-refractivity contribution is 7.93. The van der Waals surface area contributed by atoms with Crippen LogP contribution in [0.2, 0.25) is 5.02 Å². The van der Waals surface area contributed by atoms with Gasteiger partial charge in [-0.3, -0.25) is 4.31 Å². The molecular weight excluding hydrogens is 363 g/mol. The van der Waals surface area contributed by atoms with Crippen molar-refractivity contribution in [2.75, 3.05) is 10.8 Å². The molecule has 0 aromatic heterocycles. The molecule has 0 unspecified atom stereocenters.